The molecule has 2 N–H and O–H groups in total. The minimum atomic E-state index is -0.0615. The van der Waals surface area contributed by atoms with Gasteiger partial charge < -0.3 is 15.5 Å². The van der Waals surface area contributed by atoms with Crippen molar-refractivity contribution in [1.29, 1.82) is 0 Å². The molecule has 1 unspecified atom stereocenters. The summed E-state index contributed by atoms with van der Waals surface area (Å²) in [6.07, 6.45) is 9.77. The number of hydrogen-bond donors (Lipinski definition) is 1. The molecular weight excluding hydrogens is 362 g/mol. The number of likely N-dealkylation sites (tertiary alicyclic amines) is 1. The number of amides is 1. The maximum atomic E-state index is 13.3. The van der Waals surface area contributed by atoms with Crippen molar-refractivity contribution in [2.45, 2.75) is 50.4 Å². The zero-order chi connectivity index (χ0) is 19.8. The van der Waals surface area contributed by atoms with Crippen LogP contribution >= 0.6 is 0 Å². The van der Waals surface area contributed by atoms with Crippen molar-refractivity contribution in [1.82, 2.24) is 14.9 Å². The van der Waals surface area contributed by atoms with Gasteiger partial charge in [-0.2, -0.15) is 0 Å². The Morgan fingerprint density at radius 1 is 1.00 bits per heavy atom. The Labute approximate surface area is 172 Å². The lowest BCUT2D eigenvalue weighted by Gasteiger charge is -2.40. The summed E-state index contributed by atoms with van der Waals surface area (Å²) in [6, 6.07) is 8.21. The quantitative estimate of drug-likeness (QED) is 0.851. The molecule has 152 valence electrons. The summed E-state index contributed by atoms with van der Waals surface area (Å²) in [7, 11) is 0. The van der Waals surface area contributed by atoms with Gasteiger partial charge in [0.2, 0.25) is 5.95 Å². The van der Waals surface area contributed by atoms with Crippen LogP contribution in [-0.2, 0) is 11.8 Å². The first-order chi connectivity index (χ1) is 14.1. The van der Waals surface area contributed by atoms with Crippen molar-refractivity contribution < 1.29 is 4.79 Å². The number of carbonyl (C=O) groups is 1. The molecule has 1 aromatic heterocycles. The lowest BCUT2D eigenvalue weighted by Crippen LogP contribution is -2.48. The number of aromatic nitrogens is 2. The Hall–Kier alpha value is -2.63. The van der Waals surface area contributed by atoms with Crippen LogP contribution in [0.4, 0.5) is 11.6 Å². The topological polar surface area (TPSA) is 75.3 Å². The van der Waals surface area contributed by atoms with Gasteiger partial charge in [0, 0.05) is 49.0 Å². The molecule has 3 aliphatic rings. The van der Waals surface area contributed by atoms with Crippen molar-refractivity contribution >= 4 is 17.5 Å². The first-order valence-corrected chi connectivity index (χ1v) is 10.9. The lowest BCUT2D eigenvalue weighted by atomic mass is 9.77. The van der Waals surface area contributed by atoms with Gasteiger partial charge in [-0.1, -0.05) is 0 Å². The largest absolute Gasteiger partial charge is 0.372 e. The summed E-state index contributed by atoms with van der Waals surface area (Å²) in [5, 5.41) is 0. The van der Waals surface area contributed by atoms with E-state index in [0.717, 1.165) is 63.1 Å². The maximum Gasteiger partial charge on any atom is 0.253 e. The monoisotopic (exact) mass is 391 g/mol. The molecule has 2 saturated heterocycles. The summed E-state index contributed by atoms with van der Waals surface area (Å²) in [4.78, 5) is 26.4. The van der Waals surface area contributed by atoms with Gasteiger partial charge in [0.25, 0.3) is 5.91 Å². The second kappa shape index (κ2) is 7.32. The van der Waals surface area contributed by atoms with Crippen LogP contribution in [0.15, 0.2) is 30.5 Å². The standard InChI is InChI=1S/C23H29N5O/c24-22-25-15-18-9-11-23(20(18)26-22)10-4-14-28(16-23)21(29)17-5-7-19(8-6-17)27-12-2-1-3-13-27/h5-8,15H,1-4,9-14,16H2,(H2,24,25,26). The molecule has 29 heavy (non-hydrogen) atoms. The van der Waals surface area contributed by atoms with Crippen molar-refractivity contribution in [2.75, 3.05) is 36.8 Å². The van der Waals surface area contributed by atoms with Crippen LogP contribution in [0.5, 0.6) is 0 Å². The highest BCUT2D eigenvalue weighted by molar-refractivity contribution is 5.94. The molecule has 1 spiro atoms. The van der Waals surface area contributed by atoms with Crippen molar-refractivity contribution in [3.8, 4) is 0 Å². The van der Waals surface area contributed by atoms with E-state index in [0.29, 0.717) is 5.95 Å². The lowest BCUT2D eigenvalue weighted by molar-refractivity contribution is 0.0633. The highest BCUT2D eigenvalue weighted by Crippen LogP contribution is 2.44. The van der Waals surface area contributed by atoms with Crippen molar-refractivity contribution in [2.24, 2.45) is 0 Å². The predicted molar refractivity (Wildman–Crippen MR) is 114 cm³/mol. The number of rotatable bonds is 2. The third kappa shape index (κ3) is 3.34. The molecular formula is C23H29N5O. The van der Waals surface area contributed by atoms with E-state index in [1.54, 1.807) is 0 Å². The minimum Gasteiger partial charge on any atom is -0.372 e. The first-order valence-electron chi connectivity index (χ1n) is 10.9. The van der Waals surface area contributed by atoms with E-state index in [-0.39, 0.29) is 11.3 Å². The Morgan fingerprint density at radius 3 is 2.59 bits per heavy atom. The normalized spacial score (nSPS) is 24.0. The number of aryl methyl sites for hydroxylation is 1. The molecule has 1 aromatic carbocycles. The smallest absolute Gasteiger partial charge is 0.253 e. The Balaban J connectivity index is 1.34. The van der Waals surface area contributed by atoms with Gasteiger partial charge in [0.05, 0.1) is 5.69 Å². The summed E-state index contributed by atoms with van der Waals surface area (Å²) >= 11 is 0. The first kappa shape index (κ1) is 18.4. The zero-order valence-electron chi connectivity index (χ0n) is 16.9. The number of piperidine rings is 2. The predicted octanol–water partition coefficient (Wildman–Crippen LogP) is 3.17. The Morgan fingerprint density at radius 2 is 1.79 bits per heavy atom. The van der Waals surface area contributed by atoms with E-state index >= 15 is 0 Å². The molecule has 2 aliphatic heterocycles. The molecule has 1 aliphatic carbocycles. The summed E-state index contributed by atoms with van der Waals surface area (Å²) < 4.78 is 0. The minimum absolute atomic E-state index is 0.0615. The van der Waals surface area contributed by atoms with E-state index in [1.165, 1.54) is 30.5 Å². The average Bonchev–Trinajstić information content (AvgIpc) is 3.11. The molecule has 3 heterocycles. The fraction of sp³-hybridized carbons (Fsp3) is 0.522. The number of nitrogen functional groups attached to an aromatic ring is 1. The SMILES string of the molecule is Nc1ncc2c(n1)C1(CCCN(C(=O)c3ccc(N4CCCCC4)cc3)C1)CC2. The van der Waals surface area contributed by atoms with E-state index in [1.807, 2.05) is 23.2 Å². The average molecular weight is 392 g/mol. The molecule has 5 rings (SSSR count). The van der Waals surface area contributed by atoms with Crippen LogP contribution in [0, 0.1) is 0 Å². The van der Waals surface area contributed by atoms with Gasteiger partial charge in [-0.15, -0.1) is 0 Å². The molecule has 6 heteroatoms. The van der Waals surface area contributed by atoms with Gasteiger partial charge in [0.15, 0.2) is 0 Å². The Bertz CT molecular complexity index is 902. The van der Waals surface area contributed by atoms with Crippen LogP contribution in [0.25, 0.3) is 0 Å². The number of nitrogens with two attached hydrogens (primary N) is 1. The Kier molecular flexibility index (Phi) is 4.64. The van der Waals surface area contributed by atoms with Crippen LogP contribution in [0.2, 0.25) is 0 Å². The fourth-order valence-corrected chi connectivity index (χ4v) is 5.41. The van der Waals surface area contributed by atoms with Gasteiger partial charge in [-0.25, -0.2) is 9.97 Å². The highest BCUT2D eigenvalue weighted by atomic mass is 16.2. The number of benzene rings is 1. The van der Waals surface area contributed by atoms with Crippen LogP contribution in [-0.4, -0.2) is 47.0 Å². The van der Waals surface area contributed by atoms with E-state index in [9.17, 15) is 4.79 Å². The van der Waals surface area contributed by atoms with Crippen molar-refractivity contribution in [3.63, 3.8) is 0 Å². The maximum absolute atomic E-state index is 13.3. The summed E-state index contributed by atoms with van der Waals surface area (Å²) in [5.41, 5.74) is 10.1. The van der Waals surface area contributed by atoms with Gasteiger partial charge in [-0.05, 0) is 74.8 Å². The van der Waals surface area contributed by atoms with Gasteiger partial charge in [-0.3, -0.25) is 4.79 Å². The molecule has 2 aromatic rings. The molecule has 0 saturated carbocycles. The second-order valence-corrected chi connectivity index (χ2v) is 8.81. The van der Waals surface area contributed by atoms with Gasteiger partial charge in [0.1, 0.15) is 0 Å². The third-order valence-corrected chi connectivity index (χ3v) is 6.96. The number of carbonyl (C=O) groups excluding carboxylic acids is 1. The number of fused-ring (bicyclic) bond motifs is 2. The third-order valence-electron chi connectivity index (χ3n) is 6.96. The molecule has 1 atom stereocenters. The van der Waals surface area contributed by atoms with Crippen LogP contribution < -0.4 is 10.6 Å². The van der Waals surface area contributed by atoms with Crippen LogP contribution in [0.3, 0.4) is 0 Å². The molecule has 1 amide bonds. The van der Waals surface area contributed by atoms with E-state index < -0.39 is 0 Å². The van der Waals surface area contributed by atoms with Crippen LogP contribution in [0.1, 0.15) is 60.1 Å². The molecule has 2 fully saturated rings. The number of anilines is 2. The number of hydrogen-bond acceptors (Lipinski definition) is 5. The van der Waals surface area contributed by atoms with E-state index in [2.05, 4.69) is 27.0 Å². The van der Waals surface area contributed by atoms with Crippen molar-refractivity contribution in [3.05, 3.63) is 47.3 Å². The molecule has 6 nitrogen and oxygen atoms in total. The molecule has 0 radical (unpaired) electrons. The molecule has 0 bridgehead atoms. The highest BCUT2D eigenvalue weighted by Gasteiger charge is 2.44. The second-order valence-electron chi connectivity index (χ2n) is 8.81. The summed E-state index contributed by atoms with van der Waals surface area (Å²) in [5.74, 6) is 0.464. The van der Waals surface area contributed by atoms with E-state index in [4.69, 9.17) is 5.73 Å². The zero-order valence-corrected chi connectivity index (χ0v) is 16.9. The van der Waals surface area contributed by atoms with Gasteiger partial charge >= 0.3 is 0 Å². The fourth-order valence-electron chi connectivity index (χ4n) is 5.41. The summed E-state index contributed by atoms with van der Waals surface area (Å²) in [6.45, 7) is 3.77. The number of nitrogens with zero attached hydrogens (tertiary/aromatic N) is 4.